The SMILES string of the molecule is O=C(NCc1cccc(OC(F)F)c1)C1Cc2cc(Cl)ccc2O1. The molecule has 4 nitrogen and oxygen atoms in total. The Balaban J connectivity index is 1.57. The Bertz CT molecular complexity index is 754. The van der Waals surface area contributed by atoms with E-state index >= 15 is 0 Å². The van der Waals surface area contributed by atoms with Crippen LogP contribution < -0.4 is 14.8 Å². The van der Waals surface area contributed by atoms with Crippen LogP contribution in [0.5, 0.6) is 11.5 Å². The van der Waals surface area contributed by atoms with Crippen LogP contribution in [0, 0.1) is 0 Å². The van der Waals surface area contributed by atoms with Crippen molar-refractivity contribution in [3.8, 4) is 11.5 Å². The minimum atomic E-state index is -2.88. The third kappa shape index (κ3) is 3.94. The molecular weight excluding hydrogens is 340 g/mol. The zero-order valence-corrected chi connectivity index (χ0v) is 13.2. The topological polar surface area (TPSA) is 47.6 Å². The van der Waals surface area contributed by atoms with Gasteiger partial charge in [-0.15, -0.1) is 0 Å². The molecule has 0 aliphatic carbocycles. The van der Waals surface area contributed by atoms with Crippen molar-refractivity contribution in [2.24, 2.45) is 0 Å². The predicted molar refractivity (Wildman–Crippen MR) is 84.5 cm³/mol. The second kappa shape index (κ2) is 7.05. The lowest BCUT2D eigenvalue weighted by Crippen LogP contribution is -2.37. The lowest BCUT2D eigenvalue weighted by Gasteiger charge is -2.12. The summed E-state index contributed by atoms with van der Waals surface area (Å²) < 4.78 is 34.3. The third-order valence-corrected chi connectivity index (χ3v) is 3.81. The molecule has 126 valence electrons. The highest BCUT2D eigenvalue weighted by Crippen LogP contribution is 2.31. The van der Waals surface area contributed by atoms with Crippen LogP contribution in [-0.2, 0) is 17.8 Å². The molecule has 1 amide bonds. The van der Waals surface area contributed by atoms with Gasteiger partial charge < -0.3 is 14.8 Å². The number of fused-ring (bicyclic) bond motifs is 1. The minimum absolute atomic E-state index is 0.0518. The maximum absolute atomic E-state index is 12.2. The molecule has 3 rings (SSSR count). The Hall–Kier alpha value is -2.34. The normalized spacial score (nSPS) is 15.8. The van der Waals surface area contributed by atoms with E-state index < -0.39 is 12.7 Å². The largest absolute Gasteiger partial charge is 0.480 e. The van der Waals surface area contributed by atoms with E-state index in [1.165, 1.54) is 12.1 Å². The standard InChI is InChI=1S/C17H14ClF2NO3/c18-12-4-5-14-11(7-12)8-15(24-14)16(22)21-9-10-2-1-3-13(6-10)23-17(19)20/h1-7,15,17H,8-9H2,(H,21,22). The van der Waals surface area contributed by atoms with Gasteiger partial charge in [-0.2, -0.15) is 8.78 Å². The summed E-state index contributed by atoms with van der Waals surface area (Å²) in [5, 5.41) is 3.32. The number of hydrogen-bond acceptors (Lipinski definition) is 3. The van der Waals surface area contributed by atoms with E-state index in [0.717, 1.165) is 5.56 Å². The number of amides is 1. The molecule has 1 aliphatic heterocycles. The molecule has 1 heterocycles. The van der Waals surface area contributed by atoms with Gasteiger partial charge in [0, 0.05) is 18.0 Å². The van der Waals surface area contributed by atoms with Crippen LogP contribution in [0.4, 0.5) is 8.78 Å². The molecule has 0 fully saturated rings. The molecule has 2 aromatic carbocycles. The summed E-state index contributed by atoms with van der Waals surface area (Å²) in [5.74, 6) is 0.422. The molecule has 1 N–H and O–H groups in total. The van der Waals surface area contributed by atoms with E-state index in [1.807, 2.05) is 0 Å². The quantitative estimate of drug-likeness (QED) is 0.894. The molecule has 0 bridgehead atoms. The Morgan fingerprint density at radius 3 is 2.96 bits per heavy atom. The van der Waals surface area contributed by atoms with Crippen LogP contribution in [-0.4, -0.2) is 18.6 Å². The van der Waals surface area contributed by atoms with Crippen molar-refractivity contribution in [1.29, 1.82) is 0 Å². The van der Waals surface area contributed by atoms with Gasteiger partial charge in [-0.05, 0) is 41.5 Å². The zero-order chi connectivity index (χ0) is 17.1. The van der Waals surface area contributed by atoms with E-state index in [-0.39, 0.29) is 18.2 Å². The van der Waals surface area contributed by atoms with Crippen LogP contribution in [0.2, 0.25) is 5.02 Å². The molecule has 7 heteroatoms. The first-order valence-electron chi connectivity index (χ1n) is 7.28. The highest BCUT2D eigenvalue weighted by molar-refractivity contribution is 6.30. The minimum Gasteiger partial charge on any atom is -0.480 e. The van der Waals surface area contributed by atoms with Crippen molar-refractivity contribution in [3.63, 3.8) is 0 Å². The molecule has 1 atom stereocenters. The third-order valence-electron chi connectivity index (χ3n) is 3.58. The first-order chi connectivity index (χ1) is 11.5. The molecule has 0 aromatic heterocycles. The van der Waals surface area contributed by atoms with E-state index in [9.17, 15) is 13.6 Å². The van der Waals surface area contributed by atoms with E-state index in [0.29, 0.717) is 22.8 Å². The summed E-state index contributed by atoms with van der Waals surface area (Å²) >= 11 is 5.92. The first kappa shape index (κ1) is 16.5. The summed E-state index contributed by atoms with van der Waals surface area (Å²) in [6.07, 6.45) is -0.185. The fourth-order valence-corrected chi connectivity index (χ4v) is 2.69. The summed E-state index contributed by atoms with van der Waals surface area (Å²) in [6.45, 7) is -2.69. The molecule has 24 heavy (non-hydrogen) atoms. The number of halogens is 3. The van der Waals surface area contributed by atoms with Crippen LogP contribution >= 0.6 is 11.6 Å². The maximum atomic E-state index is 12.2. The van der Waals surface area contributed by atoms with Gasteiger partial charge in [0.2, 0.25) is 0 Å². The first-order valence-corrected chi connectivity index (χ1v) is 7.65. The van der Waals surface area contributed by atoms with Crippen molar-refractivity contribution in [3.05, 3.63) is 58.6 Å². The number of ether oxygens (including phenoxy) is 2. The number of rotatable bonds is 5. The lowest BCUT2D eigenvalue weighted by atomic mass is 10.1. The Labute approximate surface area is 142 Å². The van der Waals surface area contributed by atoms with Gasteiger partial charge in [0.25, 0.3) is 5.91 Å². The van der Waals surface area contributed by atoms with Gasteiger partial charge >= 0.3 is 6.61 Å². The van der Waals surface area contributed by atoms with Gasteiger partial charge in [0.1, 0.15) is 11.5 Å². The van der Waals surface area contributed by atoms with Crippen molar-refractivity contribution in [2.45, 2.75) is 25.7 Å². The summed E-state index contributed by atoms with van der Waals surface area (Å²) in [6, 6.07) is 11.4. The molecule has 0 radical (unpaired) electrons. The molecule has 1 unspecified atom stereocenters. The predicted octanol–water partition coefficient (Wildman–Crippen LogP) is 3.56. The number of carbonyl (C=O) groups is 1. The highest BCUT2D eigenvalue weighted by Gasteiger charge is 2.28. The van der Waals surface area contributed by atoms with E-state index in [2.05, 4.69) is 10.1 Å². The van der Waals surface area contributed by atoms with Crippen LogP contribution in [0.15, 0.2) is 42.5 Å². The van der Waals surface area contributed by atoms with Crippen molar-refractivity contribution < 1.29 is 23.0 Å². The smallest absolute Gasteiger partial charge is 0.387 e. The molecular formula is C17H14ClF2NO3. The number of benzene rings is 2. The Morgan fingerprint density at radius 2 is 2.17 bits per heavy atom. The monoisotopic (exact) mass is 353 g/mol. The van der Waals surface area contributed by atoms with Gasteiger partial charge in [-0.25, -0.2) is 0 Å². The fraction of sp³-hybridized carbons (Fsp3) is 0.235. The van der Waals surface area contributed by atoms with Crippen LogP contribution in [0.1, 0.15) is 11.1 Å². The summed E-state index contributed by atoms with van der Waals surface area (Å²) in [7, 11) is 0. The second-order valence-corrected chi connectivity index (χ2v) is 5.74. The van der Waals surface area contributed by atoms with Gasteiger partial charge in [-0.3, -0.25) is 4.79 Å². The Morgan fingerprint density at radius 1 is 1.33 bits per heavy atom. The van der Waals surface area contributed by atoms with Crippen LogP contribution in [0.3, 0.4) is 0 Å². The second-order valence-electron chi connectivity index (χ2n) is 5.31. The fourth-order valence-electron chi connectivity index (χ4n) is 2.50. The molecule has 0 saturated heterocycles. The number of carbonyl (C=O) groups excluding carboxylic acids is 1. The average molecular weight is 354 g/mol. The van der Waals surface area contributed by atoms with E-state index in [1.54, 1.807) is 30.3 Å². The highest BCUT2D eigenvalue weighted by atomic mass is 35.5. The van der Waals surface area contributed by atoms with Crippen molar-refractivity contribution >= 4 is 17.5 Å². The molecule has 0 spiro atoms. The molecule has 2 aromatic rings. The summed E-state index contributed by atoms with van der Waals surface area (Å²) in [5.41, 5.74) is 1.54. The van der Waals surface area contributed by atoms with Gasteiger partial charge in [0.15, 0.2) is 6.10 Å². The van der Waals surface area contributed by atoms with Crippen molar-refractivity contribution in [1.82, 2.24) is 5.32 Å². The average Bonchev–Trinajstić information content (AvgIpc) is 2.95. The number of alkyl halides is 2. The zero-order valence-electron chi connectivity index (χ0n) is 12.5. The Kier molecular flexibility index (Phi) is 4.85. The lowest BCUT2D eigenvalue weighted by molar-refractivity contribution is -0.127. The summed E-state index contributed by atoms with van der Waals surface area (Å²) in [4.78, 5) is 12.2. The van der Waals surface area contributed by atoms with Crippen LogP contribution in [0.25, 0.3) is 0 Å². The number of hydrogen-bond donors (Lipinski definition) is 1. The number of nitrogens with one attached hydrogen (secondary N) is 1. The van der Waals surface area contributed by atoms with Crippen molar-refractivity contribution in [2.75, 3.05) is 0 Å². The van der Waals surface area contributed by atoms with Gasteiger partial charge in [0.05, 0.1) is 0 Å². The van der Waals surface area contributed by atoms with Gasteiger partial charge in [-0.1, -0.05) is 23.7 Å². The maximum Gasteiger partial charge on any atom is 0.387 e. The molecule has 0 saturated carbocycles. The molecule has 1 aliphatic rings. The van der Waals surface area contributed by atoms with E-state index in [4.69, 9.17) is 16.3 Å².